The number of hydrogen-bond donors (Lipinski definition) is 2. The minimum atomic E-state index is -0.782. The zero-order valence-corrected chi connectivity index (χ0v) is 7.47. The van der Waals surface area contributed by atoms with Crippen LogP contribution in [0.2, 0.25) is 5.02 Å². The number of nitro groups is 1. The molecule has 2 N–H and O–H groups in total. The number of nitro benzene ring substituents is 1. The van der Waals surface area contributed by atoms with Crippen LogP contribution in [0.25, 0.3) is 0 Å². The lowest BCUT2D eigenvalue weighted by Crippen LogP contribution is -1.92. The van der Waals surface area contributed by atoms with Crippen LogP contribution in [0.5, 0.6) is 5.75 Å². The molecule has 0 aliphatic carbocycles. The molecule has 14 heavy (non-hydrogen) atoms. The second-order valence-corrected chi connectivity index (χ2v) is 2.80. The maximum absolute atomic E-state index is 10.4. The molecular weight excluding hydrogens is 212 g/mol. The molecule has 1 aromatic rings. The van der Waals surface area contributed by atoms with Crippen molar-refractivity contribution in [3.63, 3.8) is 0 Å². The Morgan fingerprint density at radius 2 is 2.21 bits per heavy atom. The van der Waals surface area contributed by atoms with Crippen LogP contribution in [0.3, 0.4) is 0 Å². The van der Waals surface area contributed by atoms with Gasteiger partial charge >= 0.3 is 5.69 Å². The minimum absolute atomic E-state index is 0.0216. The molecule has 0 saturated heterocycles. The first kappa shape index (κ1) is 10.3. The standard InChI is InChI=1S/C7H5ClN2O4/c8-5-1-4(3-9-12)7(11)6(2-5)10(13)14/h1-3,11-12H. The average molecular weight is 217 g/mol. The van der Waals surface area contributed by atoms with Gasteiger partial charge in [-0.2, -0.15) is 0 Å². The van der Waals surface area contributed by atoms with Crippen molar-refractivity contribution in [2.24, 2.45) is 5.16 Å². The Morgan fingerprint density at radius 3 is 2.71 bits per heavy atom. The summed E-state index contributed by atoms with van der Waals surface area (Å²) in [5, 5.41) is 30.6. The summed E-state index contributed by atoms with van der Waals surface area (Å²) in [6, 6.07) is 2.25. The Bertz CT molecular complexity index is 405. The van der Waals surface area contributed by atoms with Crippen LogP contribution in [-0.4, -0.2) is 21.5 Å². The van der Waals surface area contributed by atoms with Crippen molar-refractivity contribution in [3.05, 3.63) is 32.8 Å². The van der Waals surface area contributed by atoms with Crippen molar-refractivity contribution < 1.29 is 15.2 Å². The summed E-state index contributed by atoms with van der Waals surface area (Å²) in [5.74, 6) is -0.586. The van der Waals surface area contributed by atoms with Gasteiger partial charge in [-0.1, -0.05) is 16.8 Å². The van der Waals surface area contributed by atoms with Crippen LogP contribution in [0, 0.1) is 10.1 Å². The second-order valence-electron chi connectivity index (χ2n) is 2.36. The number of hydrogen-bond acceptors (Lipinski definition) is 5. The predicted octanol–water partition coefficient (Wildman–Crippen LogP) is 1.76. The normalized spacial score (nSPS) is 10.6. The SMILES string of the molecule is O=[N+]([O-])c1cc(Cl)cc(C=NO)c1O. The Hall–Kier alpha value is -1.82. The van der Waals surface area contributed by atoms with E-state index in [1.807, 2.05) is 0 Å². The van der Waals surface area contributed by atoms with Gasteiger partial charge in [0.05, 0.1) is 11.1 Å². The van der Waals surface area contributed by atoms with Crippen molar-refractivity contribution >= 4 is 23.5 Å². The number of benzene rings is 1. The molecular formula is C7H5ClN2O4. The van der Waals surface area contributed by atoms with Gasteiger partial charge in [0.25, 0.3) is 0 Å². The largest absolute Gasteiger partial charge is 0.502 e. The van der Waals surface area contributed by atoms with E-state index < -0.39 is 16.4 Å². The molecule has 74 valence electrons. The molecule has 0 aromatic heterocycles. The summed E-state index contributed by atoms with van der Waals surface area (Å²) < 4.78 is 0. The number of phenolic OH excluding ortho intramolecular Hbond substituents is 1. The maximum Gasteiger partial charge on any atom is 0.312 e. The van der Waals surface area contributed by atoms with Crippen LogP contribution < -0.4 is 0 Å². The topological polar surface area (TPSA) is 96.0 Å². The van der Waals surface area contributed by atoms with Crippen LogP contribution in [0.15, 0.2) is 17.3 Å². The second kappa shape index (κ2) is 3.93. The van der Waals surface area contributed by atoms with Crippen molar-refractivity contribution in [2.45, 2.75) is 0 Å². The molecule has 0 heterocycles. The summed E-state index contributed by atoms with van der Waals surface area (Å²) in [6.45, 7) is 0. The fourth-order valence-electron chi connectivity index (χ4n) is 0.905. The van der Waals surface area contributed by atoms with E-state index in [-0.39, 0.29) is 10.6 Å². The van der Waals surface area contributed by atoms with Gasteiger partial charge in [0.15, 0.2) is 0 Å². The Labute approximate surface area is 83.2 Å². The number of halogens is 1. The monoisotopic (exact) mass is 216 g/mol. The van der Waals surface area contributed by atoms with Gasteiger partial charge in [0.1, 0.15) is 0 Å². The Kier molecular flexibility index (Phi) is 2.88. The molecule has 0 aliphatic heterocycles. The van der Waals surface area contributed by atoms with E-state index in [1.54, 1.807) is 0 Å². The Balaban J connectivity index is 3.39. The molecule has 0 amide bonds. The lowest BCUT2D eigenvalue weighted by molar-refractivity contribution is -0.385. The molecule has 0 bridgehead atoms. The Morgan fingerprint density at radius 1 is 1.57 bits per heavy atom. The predicted molar refractivity (Wildman–Crippen MR) is 49.2 cm³/mol. The van der Waals surface area contributed by atoms with E-state index in [4.69, 9.17) is 16.8 Å². The summed E-state index contributed by atoms with van der Waals surface area (Å²) in [4.78, 5) is 9.63. The third-order valence-corrected chi connectivity index (χ3v) is 1.70. The lowest BCUT2D eigenvalue weighted by Gasteiger charge is -2.00. The number of phenols is 1. The highest BCUT2D eigenvalue weighted by Gasteiger charge is 2.17. The van der Waals surface area contributed by atoms with Crippen molar-refractivity contribution in [1.82, 2.24) is 0 Å². The number of nitrogens with zero attached hydrogens (tertiary/aromatic N) is 2. The summed E-state index contributed by atoms with van der Waals surface area (Å²) in [6.07, 6.45) is 0.855. The van der Waals surface area contributed by atoms with Crippen molar-refractivity contribution in [1.29, 1.82) is 0 Å². The molecule has 0 unspecified atom stereocenters. The first-order valence-electron chi connectivity index (χ1n) is 3.40. The number of aromatic hydroxyl groups is 1. The van der Waals surface area contributed by atoms with Crippen LogP contribution in [0.1, 0.15) is 5.56 Å². The fraction of sp³-hybridized carbons (Fsp3) is 0. The third-order valence-electron chi connectivity index (χ3n) is 1.48. The van der Waals surface area contributed by atoms with Gasteiger partial charge < -0.3 is 10.3 Å². The first-order valence-corrected chi connectivity index (χ1v) is 3.78. The third kappa shape index (κ3) is 1.91. The molecule has 1 aromatic carbocycles. The fourth-order valence-corrected chi connectivity index (χ4v) is 1.13. The molecule has 7 heteroatoms. The molecule has 0 fully saturated rings. The van der Waals surface area contributed by atoms with E-state index in [0.717, 1.165) is 12.3 Å². The van der Waals surface area contributed by atoms with E-state index in [9.17, 15) is 15.2 Å². The first-order chi connectivity index (χ1) is 6.56. The van der Waals surface area contributed by atoms with Gasteiger partial charge in [-0.05, 0) is 6.07 Å². The number of oxime groups is 1. The van der Waals surface area contributed by atoms with E-state index in [1.165, 1.54) is 6.07 Å². The van der Waals surface area contributed by atoms with Crippen LogP contribution >= 0.6 is 11.6 Å². The summed E-state index contributed by atoms with van der Waals surface area (Å²) in [7, 11) is 0. The van der Waals surface area contributed by atoms with Crippen LogP contribution in [-0.2, 0) is 0 Å². The van der Waals surface area contributed by atoms with Crippen LogP contribution in [0.4, 0.5) is 5.69 Å². The van der Waals surface area contributed by atoms with Gasteiger partial charge in [-0.25, -0.2) is 0 Å². The highest BCUT2D eigenvalue weighted by Crippen LogP contribution is 2.32. The maximum atomic E-state index is 10.4. The summed E-state index contributed by atoms with van der Waals surface area (Å²) in [5.41, 5.74) is -0.556. The quantitative estimate of drug-likeness (QED) is 0.341. The highest BCUT2D eigenvalue weighted by atomic mass is 35.5. The highest BCUT2D eigenvalue weighted by molar-refractivity contribution is 6.31. The number of rotatable bonds is 2. The van der Waals surface area contributed by atoms with Gasteiger partial charge in [0.2, 0.25) is 5.75 Å². The molecule has 1 rings (SSSR count). The molecule has 0 atom stereocenters. The zero-order valence-electron chi connectivity index (χ0n) is 6.72. The van der Waals surface area contributed by atoms with Gasteiger partial charge in [-0.3, -0.25) is 10.1 Å². The van der Waals surface area contributed by atoms with Crippen molar-refractivity contribution in [3.8, 4) is 5.75 Å². The smallest absolute Gasteiger partial charge is 0.312 e. The summed E-state index contributed by atoms with van der Waals surface area (Å²) >= 11 is 5.54. The van der Waals surface area contributed by atoms with Gasteiger partial charge in [0, 0.05) is 16.7 Å². The molecule has 0 aliphatic rings. The lowest BCUT2D eigenvalue weighted by atomic mass is 10.2. The van der Waals surface area contributed by atoms with E-state index in [2.05, 4.69) is 5.16 Å². The van der Waals surface area contributed by atoms with Crippen molar-refractivity contribution in [2.75, 3.05) is 0 Å². The average Bonchev–Trinajstić information content (AvgIpc) is 2.10. The van der Waals surface area contributed by atoms with E-state index >= 15 is 0 Å². The van der Waals surface area contributed by atoms with E-state index in [0.29, 0.717) is 0 Å². The zero-order chi connectivity index (χ0) is 10.7. The molecule has 0 saturated carbocycles. The van der Waals surface area contributed by atoms with Gasteiger partial charge in [-0.15, -0.1) is 0 Å². The molecule has 0 radical (unpaired) electrons. The molecule has 6 nitrogen and oxygen atoms in total. The minimum Gasteiger partial charge on any atom is -0.502 e. The molecule has 0 spiro atoms.